The Bertz CT molecular complexity index is 4010. The molecule has 1 aromatic carbocycles. The number of guanidine groups is 1. The second-order valence-electron chi connectivity index (χ2n) is 31.0. The number of carboxylic acid groups (broad SMARTS) is 6. The molecule has 2 heterocycles. The van der Waals surface area contributed by atoms with E-state index in [1.54, 1.807) is 30.3 Å². The number of primary amides is 1. The topological polar surface area (TPSA) is 769 Å². The summed E-state index contributed by atoms with van der Waals surface area (Å²) in [6.07, 6.45) is -14.0. The van der Waals surface area contributed by atoms with E-state index in [4.69, 9.17) is 33.5 Å². The van der Waals surface area contributed by atoms with Gasteiger partial charge in [0.25, 0.3) is 0 Å². The van der Waals surface area contributed by atoms with Gasteiger partial charge >= 0.3 is 35.8 Å². The summed E-state index contributed by atoms with van der Waals surface area (Å²) < 4.78 is 0. The lowest BCUT2D eigenvalue weighted by atomic mass is 9.89. The zero-order valence-electron chi connectivity index (χ0n) is 71.0. The highest BCUT2D eigenvalue weighted by atomic mass is 33.1. The first-order valence-electron chi connectivity index (χ1n) is 41.8. The Labute approximate surface area is 749 Å². The van der Waals surface area contributed by atoms with Crippen molar-refractivity contribution in [3.8, 4) is 0 Å². The van der Waals surface area contributed by atoms with Crippen molar-refractivity contribution >= 4 is 169 Å². The highest BCUT2D eigenvalue weighted by molar-refractivity contribution is 8.76. The Balaban J connectivity index is 2.19. The van der Waals surface area contributed by atoms with Crippen LogP contribution in [0.1, 0.15) is 160 Å². The fourth-order valence-corrected chi connectivity index (χ4v) is 16.8. The van der Waals surface area contributed by atoms with Crippen molar-refractivity contribution in [1.29, 1.82) is 5.41 Å². The Morgan fingerprint density at radius 3 is 1.51 bits per heavy atom. The number of hydrogen-bond acceptors (Lipinski definition) is 30. The third kappa shape index (κ3) is 47.1. The van der Waals surface area contributed by atoms with Crippen molar-refractivity contribution in [1.82, 2.24) is 63.8 Å². The van der Waals surface area contributed by atoms with Crippen molar-refractivity contribution in [2.75, 3.05) is 81.9 Å². The number of thioether (sulfide) groups is 1. The van der Waals surface area contributed by atoms with Gasteiger partial charge in [0.2, 0.25) is 59.1 Å². The number of unbranched alkanes of at least 4 members (excludes halogenated alkanes) is 1. The molecule has 2 bridgehead atoms. The lowest BCUT2D eigenvalue weighted by molar-refractivity contribution is -0.142. The molecule has 45 nitrogen and oxygen atoms in total. The average Bonchev–Trinajstić information content (AvgIpc) is 1.11. The van der Waals surface area contributed by atoms with E-state index in [0.717, 1.165) is 33.3 Å². The molecular weight excluding hydrogens is 1740 g/mol. The number of fused-ring (bicyclic) bond motifs is 5. The zero-order valence-corrected chi connectivity index (χ0v) is 73.4. The van der Waals surface area contributed by atoms with Crippen LogP contribution in [0.5, 0.6) is 0 Å². The molecule has 712 valence electrons. The van der Waals surface area contributed by atoms with E-state index in [2.05, 4.69) is 63.8 Å². The highest BCUT2D eigenvalue weighted by Gasteiger charge is 2.39. The molecule has 12 atom stereocenters. The molecule has 0 radical (unpaired) electrons. The maximum Gasteiger partial charge on any atom is 0.304 e. The molecule has 2 saturated heterocycles. The number of nitrogens with one attached hydrogen (secondary N) is 13. The molecule has 0 aliphatic carbocycles. The van der Waals surface area contributed by atoms with Gasteiger partial charge in [-0.2, -0.15) is 0 Å². The van der Waals surface area contributed by atoms with Crippen molar-refractivity contribution in [2.24, 2.45) is 58.4 Å². The third-order valence-corrected chi connectivity index (χ3v) is 23.9. The maximum atomic E-state index is 15.1. The van der Waals surface area contributed by atoms with E-state index in [1.807, 2.05) is 0 Å². The van der Waals surface area contributed by atoms with Crippen LogP contribution in [0.4, 0.5) is 0 Å². The molecule has 10 amide bonds. The van der Waals surface area contributed by atoms with Gasteiger partial charge < -0.3 is 117 Å². The van der Waals surface area contributed by atoms with E-state index in [1.165, 1.54) is 0 Å². The minimum atomic E-state index is -1.88. The Hall–Kier alpha value is -11.1. The molecule has 0 saturated carbocycles. The van der Waals surface area contributed by atoms with Crippen LogP contribution in [0.25, 0.3) is 0 Å². The number of aliphatic carboxylic acids is 6. The molecule has 0 unspecified atom stereocenters. The normalized spacial score (nSPS) is 19.6. The fourth-order valence-electron chi connectivity index (χ4n) is 13.5. The van der Waals surface area contributed by atoms with Gasteiger partial charge in [-0.15, -0.1) is 11.8 Å². The maximum absolute atomic E-state index is 15.1. The van der Waals surface area contributed by atoms with Crippen molar-refractivity contribution in [2.45, 2.75) is 203 Å². The molecule has 48 heteroatoms. The van der Waals surface area contributed by atoms with E-state index >= 15 is 9.59 Å². The Morgan fingerprint density at radius 1 is 0.484 bits per heavy atom. The molecule has 0 aromatic heterocycles. The van der Waals surface area contributed by atoms with E-state index in [9.17, 15) is 121 Å². The summed E-state index contributed by atoms with van der Waals surface area (Å²) in [5, 5.41) is 97.1. The van der Waals surface area contributed by atoms with E-state index in [-0.39, 0.29) is 75.6 Å². The predicted molar refractivity (Wildman–Crippen MR) is 462 cm³/mol. The largest absolute Gasteiger partial charge is 0.481 e. The summed E-state index contributed by atoms with van der Waals surface area (Å²) >= 11 is 0.720. The fraction of sp³-hybridized carbons (Fsp3) is 0.637. The number of benzene rings is 1. The van der Waals surface area contributed by atoms with Crippen LogP contribution in [0.3, 0.4) is 0 Å². The number of carbonyl (C=O) groups is 22. The van der Waals surface area contributed by atoms with Crippen molar-refractivity contribution < 1.29 is 136 Å². The van der Waals surface area contributed by atoms with Gasteiger partial charge in [0.05, 0.1) is 54.8 Å². The van der Waals surface area contributed by atoms with Crippen LogP contribution in [0, 0.1) is 40.9 Å². The monoisotopic (exact) mass is 1860 g/mol. The van der Waals surface area contributed by atoms with Crippen LogP contribution in [0.2, 0.25) is 0 Å². The number of hydrogen-bond donors (Lipinski definition) is 23. The molecular formula is C80H121N17O28S3. The van der Waals surface area contributed by atoms with Crippen molar-refractivity contribution in [3.63, 3.8) is 0 Å². The predicted octanol–water partition coefficient (Wildman–Crippen LogP) is -3.96. The molecule has 27 N–H and O–H groups in total. The van der Waals surface area contributed by atoms with Crippen molar-refractivity contribution in [3.05, 3.63) is 35.9 Å². The van der Waals surface area contributed by atoms with Gasteiger partial charge in [0.1, 0.15) is 12.1 Å². The summed E-state index contributed by atoms with van der Waals surface area (Å²) in [5.74, 6) is -34.6. The van der Waals surface area contributed by atoms with Crippen LogP contribution in [-0.2, 0) is 112 Å². The van der Waals surface area contributed by atoms with Gasteiger partial charge in [-0.3, -0.25) is 111 Å². The van der Waals surface area contributed by atoms with Crippen LogP contribution >= 0.6 is 33.3 Å². The number of rotatable bonds is 54. The number of amides is 10. The molecule has 1 aromatic rings. The van der Waals surface area contributed by atoms with E-state index < -0.39 is 341 Å². The minimum absolute atomic E-state index is 0.0512. The number of carbonyl (C=O) groups excluding carboxylic acids is 16. The van der Waals surface area contributed by atoms with Gasteiger partial charge in [-0.05, 0) is 95.2 Å². The Morgan fingerprint density at radius 2 is 0.984 bits per heavy atom. The summed E-state index contributed by atoms with van der Waals surface area (Å²) in [5.41, 5.74) is 22.6. The molecule has 128 heavy (non-hydrogen) atoms. The van der Waals surface area contributed by atoms with E-state index in [0.29, 0.717) is 44.8 Å². The second kappa shape index (κ2) is 61.4. The summed E-state index contributed by atoms with van der Waals surface area (Å²) in [6, 6.07) is -3.59. The van der Waals surface area contributed by atoms with Gasteiger partial charge in [0, 0.05) is 164 Å². The van der Waals surface area contributed by atoms with Crippen LogP contribution in [0.15, 0.2) is 30.3 Å². The Kier molecular flexibility index (Phi) is 53.3. The minimum Gasteiger partial charge on any atom is -0.481 e. The third-order valence-electron chi connectivity index (χ3n) is 20.5. The number of carboxylic acids is 6. The average molecular weight is 1870 g/mol. The van der Waals surface area contributed by atoms with Gasteiger partial charge in [-0.25, -0.2) is 0 Å². The molecule has 2 fully saturated rings. The number of ketones is 6. The molecule has 2 aliphatic heterocycles. The summed E-state index contributed by atoms with van der Waals surface area (Å²) in [6.45, 7) is 1.98. The molecule has 3 rings (SSSR count). The van der Waals surface area contributed by atoms with Crippen LogP contribution < -0.4 is 86.7 Å². The standard InChI is InChI=1S/C80H121N17O28S3/c81-23-27-86-37-45(38-87-28-24-82)30-65(105)88-25-5-4-10-55-79(125)97-58-42-128-127-41-57(96-78(124)50(36-72(117)118)31-51(98)39-90-74(120)46(32-62(58)102)9-6-26-89-80(84)85)63(103)35-49(29-44-7-2-1-3-8-44)77(123)95-56(40-126-43-66(106)92-55)59(99)16-17-64(104)91-52(13-20-69(111)112)60(100)33-47(11-18-67(107)108)75(121)93-53(14-21-70(113)114)61(101)34-48(12-19-68(109)110)76(122)94-54(73(83)119)15-22-71(115)116/h1-3,7-8,45-50,52-58,86-87H,4-6,9-43,81-82H2,(H2,83,119)(H,88,105)(H,90,120)(H,91,104)(H,92,106)(H,93,121)(H,94,122)(H,95,123)(H,96,124)(H,97,125)(H,107,108)(H,109,110)(H,111,112)(H,113,114)(H,115,116)(H,117,118)(H4,84,85,89)/t46-,47-,48-,49-,50+,52+,53+,54+,55+,56+,57+,58+/m1/s1. The zero-order chi connectivity index (χ0) is 95.4. The van der Waals surface area contributed by atoms with Crippen LogP contribution in [-0.4, -0.2) is 290 Å². The first kappa shape index (κ1) is 111. The highest BCUT2D eigenvalue weighted by Crippen LogP contribution is 2.28. The molecule has 2 aliphatic rings. The van der Waals surface area contributed by atoms with Gasteiger partial charge in [-0.1, -0.05) is 51.9 Å². The second-order valence-corrected chi connectivity index (χ2v) is 34.5. The molecule has 0 spiro atoms. The summed E-state index contributed by atoms with van der Waals surface area (Å²) in [7, 11) is 1.79. The number of nitrogens with two attached hydrogens (primary N) is 4. The smallest absolute Gasteiger partial charge is 0.304 e. The SMILES string of the molecule is N=C(N)NCCC[C@@H]1CC(=O)[C@@H]2CSSC[C@H](NC(=O)[C@H](CC(=O)O)CC(=O)CNC1=O)C(=O)C[C@@H](Cc1ccccc1)C(=O)N[C@H](C(=O)CCC(=O)N[C@@H](CCC(=O)O)C(=O)C[C@@H](CCC(=O)O)C(=O)N[C@@H](CCC(=O)O)C(=O)C[C@@H](CCC(=O)O)C(=O)N[C@@H](CCC(=O)O)C(N)=O)CSCC(=O)N[C@@H](CCCCNC(=O)CC(CNCCN)CNCCN)C(=O)N2. The first-order valence-corrected chi connectivity index (χ1v) is 45.5. The lowest BCUT2D eigenvalue weighted by Crippen LogP contribution is -2.53. The van der Waals surface area contributed by atoms with Gasteiger partial charge in [0.15, 0.2) is 40.7 Å². The quantitative estimate of drug-likeness (QED) is 0.0128. The number of Topliss-reactive ketones (excluding diaryl/α,β-unsaturated/α-hetero) is 6. The lowest BCUT2D eigenvalue weighted by Gasteiger charge is -2.26. The summed E-state index contributed by atoms with van der Waals surface area (Å²) in [4.78, 5) is 299. The first-order chi connectivity index (χ1) is 60.7.